The highest BCUT2D eigenvalue weighted by Crippen LogP contribution is 2.28. The number of carbonyl (C=O) groups excluding carboxylic acids is 2. The second-order valence-electron chi connectivity index (χ2n) is 11.3. The minimum Gasteiger partial charge on any atom is -0.379 e. The average molecular weight is 555 g/mol. The van der Waals surface area contributed by atoms with E-state index < -0.39 is 0 Å². The van der Waals surface area contributed by atoms with E-state index in [1.807, 2.05) is 60.7 Å². The van der Waals surface area contributed by atoms with Crippen LogP contribution in [-0.2, 0) is 10.2 Å². The topological polar surface area (TPSA) is 101 Å². The molecule has 5 rings (SSSR count). The molecular formula is C32H38N6O3. The van der Waals surface area contributed by atoms with Gasteiger partial charge >= 0.3 is 6.03 Å². The van der Waals surface area contributed by atoms with Crippen molar-refractivity contribution in [1.82, 2.24) is 20.0 Å². The number of amides is 3. The fourth-order valence-electron chi connectivity index (χ4n) is 4.85. The summed E-state index contributed by atoms with van der Waals surface area (Å²) in [7, 11) is 0. The maximum Gasteiger partial charge on any atom is 0.324 e. The first kappa shape index (κ1) is 28.3. The van der Waals surface area contributed by atoms with Crippen LogP contribution in [0.25, 0.3) is 16.5 Å². The molecule has 1 aromatic heterocycles. The summed E-state index contributed by atoms with van der Waals surface area (Å²) in [4.78, 5) is 28.5. The number of hydrogen-bond donors (Lipinski definition) is 3. The summed E-state index contributed by atoms with van der Waals surface area (Å²) in [5.41, 5.74) is 2.50. The molecule has 3 N–H and O–H groups in total. The van der Waals surface area contributed by atoms with Gasteiger partial charge in [0.1, 0.15) is 5.82 Å². The molecule has 1 saturated heterocycles. The molecule has 0 saturated carbocycles. The van der Waals surface area contributed by atoms with E-state index in [1.165, 1.54) is 0 Å². The zero-order chi connectivity index (χ0) is 28.8. The minimum atomic E-state index is -0.378. The Balaban J connectivity index is 1.30. The summed E-state index contributed by atoms with van der Waals surface area (Å²) in [6.45, 7) is 11.1. The molecule has 214 valence electrons. The lowest BCUT2D eigenvalue weighted by Crippen LogP contribution is -2.38. The van der Waals surface area contributed by atoms with Crippen molar-refractivity contribution in [3.8, 4) is 5.69 Å². The Labute approximate surface area is 240 Å². The fourth-order valence-corrected chi connectivity index (χ4v) is 4.85. The molecule has 1 aliphatic heterocycles. The van der Waals surface area contributed by atoms with Gasteiger partial charge in [-0.05, 0) is 42.6 Å². The number of ether oxygens (including phenoxy) is 1. The van der Waals surface area contributed by atoms with Crippen molar-refractivity contribution in [2.45, 2.75) is 32.6 Å². The maximum absolute atomic E-state index is 13.2. The van der Waals surface area contributed by atoms with Gasteiger partial charge in [-0.25, -0.2) is 9.48 Å². The first-order valence-electron chi connectivity index (χ1n) is 14.1. The molecule has 0 aliphatic carbocycles. The molecular weight excluding hydrogens is 516 g/mol. The zero-order valence-corrected chi connectivity index (χ0v) is 23.9. The molecule has 41 heavy (non-hydrogen) atoms. The molecule has 0 radical (unpaired) electrons. The summed E-state index contributed by atoms with van der Waals surface area (Å²) >= 11 is 0. The Morgan fingerprint density at radius 3 is 2.49 bits per heavy atom. The molecule has 9 nitrogen and oxygen atoms in total. The van der Waals surface area contributed by atoms with Crippen LogP contribution in [0.1, 0.15) is 43.2 Å². The molecule has 4 aromatic rings. The van der Waals surface area contributed by atoms with Crippen LogP contribution in [0, 0.1) is 0 Å². The van der Waals surface area contributed by atoms with Crippen LogP contribution < -0.4 is 16.0 Å². The van der Waals surface area contributed by atoms with E-state index in [9.17, 15) is 9.59 Å². The molecule has 0 spiro atoms. The second-order valence-corrected chi connectivity index (χ2v) is 11.3. The van der Waals surface area contributed by atoms with Crippen LogP contribution in [0.5, 0.6) is 0 Å². The number of carbonyl (C=O) groups is 2. The van der Waals surface area contributed by atoms with Gasteiger partial charge in [-0.1, -0.05) is 63.2 Å². The number of aromatic nitrogens is 2. The van der Waals surface area contributed by atoms with Crippen molar-refractivity contribution in [3.63, 3.8) is 0 Å². The van der Waals surface area contributed by atoms with Crippen LogP contribution >= 0.6 is 0 Å². The average Bonchev–Trinajstić information content (AvgIpc) is 3.40. The first-order chi connectivity index (χ1) is 19.8. The molecule has 9 heteroatoms. The van der Waals surface area contributed by atoms with E-state index >= 15 is 0 Å². The SMILES string of the molecule is CC(C)(C)c1cc(NC(=O)Nc2cccc3ccccc23)n(-c2cccc(C(=O)NCCCN3CCOCC3)c2)n1. The van der Waals surface area contributed by atoms with Crippen LogP contribution in [-0.4, -0.2) is 66.0 Å². The van der Waals surface area contributed by atoms with Crippen molar-refractivity contribution in [3.05, 3.63) is 84.1 Å². The van der Waals surface area contributed by atoms with Gasteiger partial charge < -0.3 is 15.4 Å². The zero-order valence-electron chi connectivity index (χ0n) is 23.9. The standard InChI is InChI=1S/C32H38N6O3/c1-32(2,3)28-22-29(35-31(40)34-27-14-7-10-23-9-4-5-13-26(23)27)38(36-28)25-12-6-11-24(21-25)30(39)33-15-8-16-37-17-19-41-20-18-37/h4-7,9-14,21-22H,8,15-20H2,1-3H3,(H,33,39)(H2,34,35,40). The van der Waals surface area contributed by atoms with Gasteiger partial charge in [0, 0.05) is 42.1 Å². The fraction of sp³-hybridized carbons (Fsp3) is 0.344. The first-order valence-corrected chi connectivity index (χ1v) is 14.1. The van der Waals surface area contributed by atoms with E-state index in [-0.39, 0.29) is 17.4 Å². The van der Waals surface area contributed by atoms with E-state index in [1.54, 1.807) is 16.8 Å². The predicted octanol–water partition coefficient (Wildman–Crippen LogP) is 5.42. The van der Waals surface area contributed by atoms with Gasteiger partial charge in [-0.3, -0.25) is 15.0 Å². The smallest absolute Gasteiger partial charge is 0.324 e. The third-order valence-corrected chi connectivity index (χ3v) is 7.15. The molecule has 0 unspecified atom stereocenters. The molecule has 3 aromatic carbocycles. The Morgan fingerprint density at radius 1 is 0.927 bits per heavy atom. The van der Waals surface area contributed by atoms with Gasteiger partial charge in [0.15, 0.2) is 0 Å². The number of urea groups is 1. The number of fused-ring (bicyclic) bond motifs is 1. The number of nitrogens with one attached hydrogen (secondary N) is 3. The monoisotopic (exact) mass is 554 g/mol. The number of nitrogens with zero attached hydrogens (tertiary/aromatic N) is 3. The maximum atomic E-state index is 13.2. The molecule has 0 atom stereocenters. The van der Waals surface area contributed by atoms with Gasteiger partial charge in [0.2, 0.25) is 0 Å². The summed E-state index contributed by atoms with van der Waals surface area (Å²) in [6.07, 6.45) is 0.874. The Morgan fingerprint density at radius 2 is 1.68 bits per heavy atom. The van der Waals surface area contributed by atoms with Crippen molar-refractivity contribution in [1.29, 1.82) is 0 Å². The summed E-state index contributed by atoms with van der Waals surface area (Å²) in [5, 5.41) is 15.8. The lowest BCUT2D eigenvalue weighted by atomic mass is 9.92. The quantitative estimate of drug-likeness (QED) is 0.253. The van der Waals surface area contributed by atoms with Gasteiger partial charge in [-0.2, -0.15) is 5.10 Å². The Bertz CT molecular complexity index is 1510. The Hall–Kier alpha value is -4.21. The number of hydrogen-bond acceptors (Lipinski definition) is 5. The van der Waals surface area contributed by atoms with Crippen molar-refractivity contribution in [2.75, 3.05) is 50.0 Å². The lowest BCUT2D eigenvalue weighted by Gasteiger charge is -2.26. The van der Waals surface area contributed by atoms with Crippen molar-refractivity contribution >= 4 is 34.2 Å². The van der Waals surface area contributed by atoms with E-state index in [0.29, 0.717) is 23.6 Å². The largest absolute Gasteiger partial charge is 0.379 e. The van der Waals surface area contributed by atoms with Gasteiger partial charge in [0.05, 0.1) is 30.3 Å². The third-order valence-electron chi connectivity index (χ3n) is 7.15. The molecule has 1 aliphatic rings. The highest BCUT2D eigenvalue weighted by molar-refractivity contribution is 6.06. The van der Waals surface area contributed by atoms with Crippen molar-refractivity contribution < 1.29 is 14.3 Å². The molecule has 1 fully saturated rings. The third kappa shape index (κ3) is 7.11. The van der Waals surface area contributed by atoms with Gasteiger partial charge in [0.25, 0.3) is 5.91 Å². The van der Waals surface area contributed by atoms with E-state index in [2.05, 4.69) is 41.6 Å². The van der Waals surface area contributed by atoms with E-state index in [4.69, 9.17) is 9.84 Å². The second kappa shape index (κ2) is 12.5. The summed E-state index contributed by atoms with van der Waals surface area (Å²) in [6, 6.07) is 22.5. The number of anilines is 2. The molecule has 0 bridgehead atoms. The van der Waals surface area contributed by atoms with Crippen LogP contribution in [0.4, 0.5) is 16.3 Å². The van der Waals surface area contributed by atoms with Crippen LogP contribution in [0.2, 0.25) is 0 Å². The van der Waals surface area contributed by atoms with Crippen molar-refractivity contribution in [2.24, 2.45) is 0 Å². The van der Waals surface area contributed by atoms with Crippen LogP contribution in [0.15, 0.2) is 72.8 Å². The number of rotatable bonds is 8. The van der Waals surface area contributed by atoms with Gasteiger partial charge in [-0.15, -0.1) is 0 Å². The lowest BCUT2D eigenvalue weighted by molar-refractivity contribution is 0.0374. The predicted molar refractivity (Wildman–Crippen MR) is 163 cm³/mol. The number of benzene rings is 3. The molecule has 3 amide bonds. The number of morpholine rings is 1. The summed E-state index contributed by atoms with van der Waals surface area (Å²) < 4.78 is 7.08. The van der Waals surface area contributed by atoms with E-state index in [0.717, 1.165) is 61.4 Å². The summed E-state index contributed by atoms with van der Waals surface area (Å²) in [5.74, 6) is 0.371. The minimum absolute atomic E-state index is 0.139. The Kier molecular flexibility index (Phi) is 8.66. The highest BCUT2D eigenvalue weighted by Gasteiger charge is 2.22. The molecule has 2 heterocycles. The van der Waals surface area contributed by atoms with Crippen LogP contribution in [0.3, 0.4) is 0 Å². The highest BCUT2D eigenvalue weighted by atomic mass is 16.5. The normalized spacial score (nSPS) is 14.1.